The molecule has 2 aromatic carbocycles. The SMILES string of the molecule is CCOC(=O)c1c(O)cccc1-c1ccc([N+](=O)[O-])cc1. The minimum Gasteiger partial charge on any atom is -0.507 e. The number of benzene rings is 2. The zero-order valence-electron chi connectivity index (χ0n) is 11.3. The number of ether oxygens (including phenoxy) is 1. The van der Waals surface area contributed by atoms with Crippen LogP contribution in [0.2, 0.25) is 0 Å². The Hall–Kier alpha value is -2.89. The smallest absolute Gasteiger partial charge is 0.342 e. The van der Waals surface area contributed by atoms with Crippen LogP contribution in [-0.4, -0.2) is 22.6 Å². The zero-order chi connectivity index (χ0) is 15.4. The normalized spacial score (nSPS) is 10.1. The molecule has 0 bridgehead atoms. The Morgan fingerprint density at radius 2 is 1.90 bits per heavy atom. The van der Waals surface area contributed by atoms with Gasteiger partial charge < -0.3 is 9.84 Å². The van der Waals surface area contributed by atoms with Gasteiger partial charge in [0, 0.05) is 12.1 Å². The lowest BCUT2D eigenvalue weighted by Crippen LogP contribution is -2.06. The quantitative estimate of drug-likeness (QED) is 0.530. The van der Waals surface area contributed by atoms with E-state index >= 15 is 0 Å². The molecule has 0 aliphatic heterocycles. The van der Waals surface area contributed by atoms with Crippen molar-refractivity contribution in [1.82, 2.24) is 0 Å². The van der Waals surface area contributed by atoms with Gasteiger partial charge in [0.2, 0.25) is 0 Å². The summed E-state index contributed by atoms with van der Waals surface area (Å²) in [5.74, 6) is -0.826. The summed E-state index contributed by atoms with van der Waals surface area (Å²) in [4.78, 5) is 22.1. The first kappa shape index (κ1) is 14.5. The number of non-ortho nitro benzene ring substituents is 1. The predicted octanol–water partition coefficient (Wildman–Crippen LogP) is 3.14. The molecule has 2 rings (SSSR count). The molecule has 6 heteroatoms. The molecule has 21 heavy (non-hydrogen) atoms. The van der Waals surface area contributed by atoms with E-state index in [1.165, 1.54) is 30.3 Å². The van der Waals surface area contributed by atoms with Gasteiger partial charge in [0.15, 0.2) is 0 Å². The second kappa shape index (κ2) is 6.04. The average molecular weight is 287 g/mol. The Bertz CT molecular complexity index is 679. The topological polar surface area (TPSA) is 89.7 Å². The number of phenols is 1. The summed E-state index contributed by atoms with van der Waals surface area (Å²) in [5.41, 5.74) is 1.05. The first-order valence-corrected chi connectivity index (χ1v) is 6.28. The molecule has 0 heterocycles. The summed E-state index contributed by atoms with van der Waals surface area (Å²) in [6.45, 7) is 1.86. The van der Waals surface area contributed by atoms with E-state index in [1.54, 1.807) is 19.1 Å². The second-order valence-electron chi connectivity index (χ2n) is 4.22. The van der Waals surface area contributed by atoms with Crippen LogP contribution in [0.15, 0.2) is 42.5 Å². The van der Waals surface area contributed by atoms with Crippen molar-refractivity contribution in [3.63, 3.8) is 0 Å². The summed E-state index contributed by atoms with van der Waals surface area (Å²) in [7, 11) is 0. The molecule has 0 saturated carbocycles. The Morgan fingerprint density at radius 1 is 1.24 bits per heavy atom. The van der Waals surface area contributed by atoms with E-state index in [4.69, 9.17) is 4.74 Å². The lowest BCUT2D eigenvalue weighted by atomic mass is 9.98. The van der Waals surface area contributed by atoms with Crippen molar-refractivity contribution in [2.45, 2.75) is 6.92 Å². The van der Waals surface area contributed by atoms with Crippen molar-refractivity contribution in [2.75, 3.05) is 6.61 Å². The summed E-state index contributed by atoms with van der Waals surface area (Å²) in [6, 6.07) is 10.4. The van der Waals surface area contributed by atoms with Gasteiger partial charge in [-0.1, -0.05) is 12.1 Å². The number of nitro groups is 1. The van der Waals surface area contributed by atoms with Crippen molar-refractivity contribution in [3.8, 4) is 16.9 Å². The number of esters is 1. The fourth-order valence-corrected chi connectivity index (χ4v) is 1.96. The maximum absolute atomic E-state index is 11.9. The molecule has 0 saturated heterocycles. The highest BCUT2D eigenvalue weighted by atomic mass is 16.6. The van der Waals surface area contributed by atoms with Crippen molar-refractivity contribution in [1.29, 1.82) is 0 Å². The van der Waals surface area contributed by atoms with Crippen LogP contribution in [0.25, 0.3) is 11.1 Å². The van der Waals surface area contributed by atoms with Crippen LogP contribution in [0.1, 0.15) is 17.3 Å². The van der Waals surface area contributed by atoms with E-state index in [2.05, 4.69) is 0 Å². The van der Waals surface area contributed by atoms with E-state index in [9.17, 15) is 20.0 Å². The highest BCUT2D eigenvalue weighted by molar-refractivity contribution is 6.00. The van der Waals surface area contributed by atoms with Crippen LogP contribution in [-0.2, 0) is 4.74 Å². The minimum absolute atomic E-state index is 0.0448. The molecule has 0 radical (unpaired) electrons. The number of nitro benzene ring substituents is 1. The third-order valence-corrected chi connectivity index (χ3v) is 2.91. The van der Waals surface area contributed by atoms with Gasteiger partial charge in [-0.25, -0.2) is 4.79 Å². The third-order valence-electron chi connectivity index (χ3n) is 2.91. The van der Waals surface area contributed by atoms with Crippen LogP contribution in [0.5, 0.6) is 5.75 Å². The van der Waals surface area contributed by atoms with Crippen LogP contribution < -0.4 is 0 Å². The molecule has 0 atom stereocenters. The Labute approximate surface area is 120 Å². The summed E-state index contributed by atoms with van der Waals surface area (Å²) in [6.07, 6.45) is 0. The largest absolute Gasteiger partial charge is 0.507 e. The molecule has 6 nitrogen and oxygen atoms in total. The molecule has 0 spiro atoms. The number of hydrogen-bond acceptors (Lipinski definition) is 5. The predicted molar refractivity (Wildman–Crippen MR) is 76.2 cm³/mol. The molecule has 108 valence electrons. The standard InChI is InChI=1S/C15H13NO5/c1-2-21-15(18)14-12(4-3-5-13(14)17)10-6-8-11(9-7-10)16(19)20/h3-9,17H,2H2,1H3. The molecular weight excluding hydrogens is 274 g/mol. The van der Waals surface area contributed by atoms with Gasteiger partial charge in [-0.3, -0.25) is 10.1 Å². The molecule has 1 N–H and O–H groups in total. The highest BCUT2D eigenvalue weighted by Gasteiger charge is 2.18. The molecule has 0 aromatic heterocycles. The fraction of sp³-hybridized carbons (Fsp3) is 0.133. The first-order chi connectivity index (χ1) is 10.0. The van der Waals surface area contributed by atoms with Gasteiger partial charge in [-0.2, -0.15) is 0 Å². The summed E-state index contributed by atoms with van der Waals surface area (Å²) >= 11 is 0. The zero-order valence-corrected chi connectivity index (χ0v) is 11.3. The average Bonchev–Trinajstić information content (AvgIpc) is 2.47. The van der Waals surface area contributed by atoms with E-state index in [0.29, 0.717) is 11.1 Å². The van der Waals surface area contributed by atoms with Crippen molar-refractivity contribution < 1.29 is 19.6 Å². The van der Waals surface area contributed by atoms with Gasteiger partial charge in [-0.05, 0) is 36.2 Å². The fourth-order valence-electron chi connectivity index (χ4n) is 1.96. The molecule has 2 aromatic rings. The summed E-state index contributed by atoms with van der Waals surface area (Å²) in [5, 5.41) is 20.5. The number of rotatable bonds is 4. The minimum atomic E-state index is -0.635. The van der Waals surface area contributed by atoms with E-state index in [0.717, 1.165) is 0 Å². The van der Waals surface area contributed by atoms with Gasteiger partial charge >= 0.3 is 5.97 Å². The van der Waals surface area contributed by atoms with Crippen molar-refractivity contribution >= 4 is 11.7 Å². The Kier molecular flexibility index (Phi) is 4.18. The van der Waals surface area contributed by atoms with Crippen LogP contribution in [0, 0.1) is 10.1 Å². The maximum atomic E-state index is 11.9. The second-order valence-corrected chi connectivity index (χ2v) is 4.22. The lowest BCUT2D eigenvalue weighted by Gasteiger charge is -2.10. The summed E-state index contributed by atoms with van der Waals surface area (Å²) < 4.78 is 4.93. The van der Waals surface area contributed by atoms with Crippen LogP contribution >= 0.6 is 0 Å². The van der Waals surface area contributed by atoms with Crippen LogP contribution in [0.3, 0.4) is 0 Å². The van der Waals surface area contributed by atoms with Crippen molar-refractivity contribution in [3.05, 3.63) is 58.1 Å². The van der Waals surface area contributed by atoms with Gasteiger partial charge in [0.05, 0.1) is 11.5 Å². The number of carbonyl (C=O) groups is 1. The van der Waals surface area contributed by atoms with Gasteiger partial charge in [0.1, 0.15) is 11.3 Å². The number of carbonyl (C=O) groups excluding carboxylic acids is 1. The van der Waals surface area contributed by atoms with Crippen LogP contribution in [0.4, 0.5) is 5.69 Å². The van der Waals surface area contributed by atoms with Crippen molar-refractivity contribution in [2.24, 2.45) is 0 Å². The molecule has 0 aliphatic rings. The number of aromatic hydroxyl groups is 1. The Balaban J connectivity index is 2.50. The monoisotopic (exact) mass is 287 g/mol. The van der Waals surface area contributed by atoms with E-state index in [-0.39, 0.29) is 23.6 Å². The molecule has 0 amide bonds. The van der Waals surface area contributed by atoms with Gasteiger partial charge in [0.25, 0.3) is 5.69 Å². The first-order valence-electron chi connectivity index (χ1n) is 6.28. The molecule has 0 aliphatic carbocycles. The Morgan fingerprint density at radius 3 is 2.48 bits per heavy atom. The molecule has 0 fully saturated rings. The molecule has 0 unspecified atom stereocenters. The van der Waals surface area contributed by atoms with E-state index in [1.807, 2.05) is 0 Å². The third kappa shape index (κ3) is 3.00. The molecular formula is C15H13NO5. The van der Waals surface area contributed by atoms with E-state index < -0.39 is 10.9 Å². The van der Waals surface area contributed by atoms with Gasteiger partial charge in [-0.15, -0.1) is 0 Å². The number of hydrogen-bond donors (Lipinski definition) is 1. The lowest BCUT2D eigenvalue weighted by molar-refractivity contribution is -0.384. The highest BCUT2D eigenvalue weighted by Crippen LogP contribution is 2.31. The maximum Gasteiger partial charge on any atom is 0.342 e. The number of phenolic OH excluding ortho intramolecular Hbond substituents is 1. The number of nitrogens with zero attached hydrogens (tertiary/aromatic N) is 1.